The Kier molecular flexibility index (Phi) is 5.85. The predicted octanol–water partition coefficient (Wildman–Crippen LogP) is 4.93. The molecule has 0 aliphatic heterocycles. The second-order valence-electron chi connectivity index (χ2n) is 4.83. The summed E-state index contributed by atoms with van der Waals surface area (Å²) in [7, 11) is 0. The largest absolute Gasteiger partial charge is 0.512 e. The van der Waals surface area contributed by atoms with Crippen LogP contribution < -0.4 is 0 Å². The minimum atomic E-state index is 0.156. The van der Waals surface area contributed by atoms with Crippen LogP contribution in [0.2, 0.25) is 0 Å². The van der Waals surface area contributed by atoms with Crippen LogP contribution in [0.5, 0.6) is 5.75 Å². The first-order valence-corrected chi connectivity index (χ1v) is 6.60. The molecule has 2 N–H and O–H groups in total. The smallest absolute Gasteiger partial charge is 0.123 e. The van der Waals surface area contributed by atoms with Crippen LogP contribution in [-0.2, 0) is 6.42 Å². The van der Waals surface area contributed by atoms with Crippen LogP contribution in [0, 0.1) is 0 Å². The van der Waals surface area contributed by atoms with Crippen LogP contribution >= 0.6 is 0 Å². The number of benzene rings is 1. The Morgan fingerprint density at radius 2 is 1.90 bits per heavy atom. The van der Waals surface area contributed by atoms with E-state index in [0.717, 1.165) is 24.0 Å². The summed E-state index contributed by atoms with van der Waals surface area (Å²) < 4.78 is 0. The van der Waals surface area contributed by atoms with Gasteiger partial charge in [-0.25, -0.2) is 0 Å². The van der Waals surface area contributed by atoms with E-state index in [-0.39, 0.29) is 11.5 Å². The van der Waals surface area contributed by atoms with Gasteiger partial charge in [0.25, 0.3) is 0 Å². The van der Waals surface area contributed by atoms with Crippen LogP contribution in [0.15, 0.2) is 60.9 Å². The molecule has 0 aliphatic carbocycles. The summed E-state index contributed by atoms with van der Waals surface area (Å²) in [4.78, 5) is 0. The number of phenols is 1. The van der Waals surface area contributed by atoms with Crippen LogP contribution in [0.1, 0.15) is 31.4 Å². The summed E-state index contributed by atoms with van der Waals surface area (Å²) >= 11 is 0. The summed E-state index contributed by atoms with van der Waals surface area (Å²) in [6.45, 7) is 11.0. The van der Waals surface area contributed by atoms with Gasteiger partial charge in [0.2, 0.25) is 0 Å². The molecule has 0 bridgehead atoms. The molecule has 1 aromatic carbocycles. The van der Waals surface area contributed by atoms with Crippen molar-refractivity contribution in [2.75, 3.05) is 0 Å². The number of aliphatic hydroxyl groups excluding tert-OH is 1. The third-order valence-electron chi connectivity index (χ3n) is 2.98. The lowest BCUT2D eigenvalue weighted by atomic mass is 9.97. The van der Waals surface area contributed by atoms with Crippen LogP contribution in [0.25, 0.3) is 5.57 Å². The summed E-state index contributed by atoms with van der Waals surface area (Å²) in [5, 5.41) is 20.0. The van der Waals surface area contributed by atoms with Gasteiger partial charge in [0.05, 0.1) is 5.76 Å². The molecule has 0 saturated carbocycles. The highest BCUT2D eigenvalue weighted by molar-refractivity contribution is 5.79. The number of phenolic OH excluding ortho intramolecular Hbond substituents is 1. The lowest BCUT2D eigenvalue weighted by molar-refractivity contribution is 0.416. The van der Waals surface area contributed by atoms with Crippen molar-refractivity contribution in [3.8, 4) is 5.75 Å². The molecule has 0 spiro atoms. The van der Waals surface area contributed by atoms with E-state index in [2.05, 4.69) is 13.2 Å². The molecule has 20 heavy (non-hydrogen) atoms. The van der Waals surface area contributed by atoms with Crippen molar-refractivity contribution < 1.29 is 10.2 Å². The third-order valence-corrected chi connectivity index (χ3v) is 2.98. The molecular weight excluding hydrogens is 248 g/mol. The Labute approximate surface area is 121 Å². The standard InChI is InChI=1S/C18H22O2/c1-5-7-13(3)11-16(14(4)19)17-12-15(8-6-2)9-10-18(17)20/h5-6,9-12,19-20H,1-2,7-8H2,3-4H3/b13-11+,16-14-. The van der Waals surface area contributed by atoms with Gasteiger partial charge in [-0.15, -0.1) is 13.2 Å². The molecule has 1 aromatic rings. The summed E-state index contributed by atoms with van der Waals surface area (Å²) in [5.41, 5.74) is 3.37. The maximum Gasteiger partial charge on any atom is 0.123 e. The van der Waals surface area contributed by atoms with Gasteiger partial charge >= 0.3 is 0 Å². The minimum absolute atomic E-state index is 0.156. The Hall–Kier alpha value is -2.22. The predicted molar refractivity (Wildman–Crippen MR) is 85.8 cm³/mol. The first-order chi connectivity index (χ1) is 9.49. The quantitative estimate of drug-likeness (QED) is 0.437. The minimum Gasteiger partial charge on any atom is -0.512 e. The molecule has 0 unspecified atom stereocenters. The van der Waals surface area contributed by atoms with E-state index >= 15 is 0 Å². The van der Waals surface area contributed by atoms with Crippen molar-refractivity contribution in [3.05, 3.63) is 72.0 Å². The van der Waals surface area contributed by atoms with Gasteiger partial charge < -0.3 is 10.2 Å². The first kappa shape index (κ1) is 15.8. The molecule has 0 saturated heterocycles. The zero-order chi connectivity index (χ0) is 15.1. The fourth-order valence-electron chi connectivity index (χ4n) is 2.00. The summed E-state index contributed by atoms with van der Waals surface area (Å²) in [5.74, 6) is 0.336. The molecule has 2 nitrogen and oxygen atoms in total. The lowest BCUT2D eigenvalue weighted by Crippen LogP contribution is -1.91. The molecule has 0 radical (unpaired) electrons. The van der Waals surface area contributed by atoms with Gasteiger partial charge in [0, 0.05) is 11.1 Å². The molecule has 0 aromatic heterocycles. The fourth-order valence-corrected chi connectivity index (χ4v) is 2.00. The highest BCUT2D eigenvalue weighted by Gasteiger charge is 2.10. The number of hydrogen-bond donors (Lipinski definition) is 2. The zero-order valence-electron chi connectivity index (χ0n) is 12.2. The van der Waals surface area contributed by atoms with Crippen molar-refractivity contribution in [1.82, 2.24) is 0 Å². The molecule has 1 rings (SSSR count). The maximum absolute atomic E-state index is 10.0. The second-order valence-corrected chi connectivity index (χ2v) is 4.83. The molecule has 2 heteroatoms. The molecule has 0 heterocycles. The molecule has 106 valence electrons. The van der Waals surface area contributed by atoms with E-state index in [1.165, 1.54) is 0 Å². The monoisotopic (exact) mass is 270 g/mol. The molecule has 0 amide bonds. The van der Waals surface area contributed by atoms with E-state index in [1.807, 2.05) is 37.3 Å². The Balaban J connectivity index is 3.33. The molecule has 0 fully saturated rings. The maximum atomic E-state index is 10.0. The van der Waals surface area contributed by atoms with Gasteiger partial charge in [-0.1, -0.05) is 29.9 Å². The normalized spacial score (nSPS) is 12.8. The van der Waals surface area contributed by atoms with Crippen molar-refractivity contribution in [2.45, 2.75) is 26.7 Å². The van der Waals surface area contributed by atoms with E-state index in [4.69, 9.17) is 0 Å². The Morgan fingerprint density at radius 3 is 2.45 bits per heavy atom. The van der Waals surface area contributed by atoms with E-state index < -0.39 is 0 Å². The van der Waals surface area contributed by atoms with Crippen LogP contribution in [0.4, 0.5) is 0 Å². The van der Waals surface area contributed by atoms with Crippen LogP contribution in [0.3, 0.4) is 0 Å². The number of aromatic hydroxyl groups is 1. The molecular formula is C18H22O2. The fraction of sp³-hybridized carbons (Fsp3) is 0.222. The number of hydrogen-bond acceptors (Lipinski definition) is 2. The Bertz CT molecular complexity index is 559. The average molecular weight is 270 g/mol. The van der Waals surface area contributed by atoms with Gasteiger partial charge in [0.15, 0.2) is 0 Å². The summed E-state index contributed by atoms with van der Waals surface area (Å²) in [6, 6.07) is 5.38. The van der Waals surface area contributed by atoms with Gasteiger partial charge in [-0.2, -0.15) is 0 Å². The lowest BCUT2D eigenvalue weighted by Gasteiger charge is -2.10. The molecule has 0 atom stereocenters. The van der Waals surface area contributed by atoms with Crippen LogP contribution in [-0.4, -0.2) is 10.2 Å². The number of allylic oxidation sites excluding steroid dienone is 6. The number of aliphatic hydroxyl groups is 1. The van der Waals surface area contributed by atoms with E-state index in [1.54, 1.807) is 13.0 Å². The average Bonchev–Trinajstić information content (AvgIpc) is 2.39. The second kappa shape index (κ2) is 7.39. The van der Waals surface area contributed by atoms with Crippen molar-refractivity contribution in [3.63, 3.8) is 0 Å². The van der Waals surface area contributed by atoms with Gasteiger partial charge in [-0.05, 0) is 44.4 Å². The highest BCUT2D eigenvalue weighted by atomic mass is 16.3. The topological polar surface area (TPSA) is 40.5 Å². The van der Waals surface area contributed by atoms with E-state index in [9.17, 15) is 10.2 Å². The highest BCUT2D eigenvalue weighted by Crippen LogP contribution is 2.30. The zero-order valence-corrected chi connectivity index (χ0v) is 12.2. The Morgan fingerprint density at radius 1 is 1.20 bits per heavy atom. The van der Waals surface area contributed by atoms with Crippen molar-refractivity contribution in [1.29, 1.82) is 0 Å². The van der Waals surface area contributed by atoms with E-state index in [0.29, 0.717) is 11.1 Å². The molecule has 0 aliphatic rings. The van der Waals surface area contributed by atoms with Gasteiger partial charge in [0.1, 0.15) is 5.75 Å². The van der Waals surface area contributed by atoms with Crippen molar-refractivity contribution in [2.24, 2.45) is 0 Å². The van der Waals surface area contributed by atoms with Gasteiger partial charge in [-0.3, -0.25) is 0 Å². The first-order valence-electron chi connectivity index (χ1n) is 6.60. The van der Waals surface area contributed by atoms with Crippen molar-refractivity contribution >= 4 is 5.57 Å². The number of rotatable bonds is 6. The SMILES string of the molecule is C=CC/C(C)=C/C(=C(\C)O)c1cc(CC=C)ccc1O. The summed E-state index contributed by atoms with van der Waals surface area (Å²) in [6.07, 6.45) is 6.96. The third kappa shape index (κ3) is 4.16.